The van der Waals surface area contributed by atoms with Gasteiger partial charge in [0.25, 0.3) is 0 Å². The molecule has 2 heteroatoms. The van der Waals surface area contributed by atoms with Crippen molar-refractivity contribution in [1.82, 2.24) is 0 Å². The van der Waals surface area contributed by atoms with Crippen LogP contribution in [0.1, 0.15) is 18.1 Å². The molecule has 1 aromatic rings. The molecule has 1 fully saturated rings. The van der Waals surface area contributed by atoms with E-state index in [4.69, 9.17) is 4.74 Å². The second kappa shape index (κ2) is 2.30. The predicted octanol–water partition coefficient (Wildman–Crippen LogP) is 2.38. The fraction of sp³-hybridized carbons (Fsp3) is 0.400. The molecule has 0 spiro atoms. The van der Waals surface area contributed by atoms with E-state index < -0.39 is 0 Å². The van der Waals surface area contributed by atoms with Crippen LogP contribution in [0.3, 0.4) is 0 Å². The van der Waals surface area contributed by atoms with Gasteiger partial charge in [-0.25, -0.2) is 4.39 Å². The lowest BCUT2D eigenvalue weighted by Gasteiger charge is -2.09. The minimum Gasteiger partial charge on any atom is -0.365 e. The summed E-state index contributed by atoms with van der Waals surface area (Å²) in [6.45, 7) is 4.46. The first kappa shape index (κ1) is 7.74. The third-order valence-corrected chi connectivity index (χ3v) is 2.33. The van der Waals surface area contributed by atoms with E-state index in [2.05, 4.69) is 0 Å². The molecule has 12 heavy (non-hydrogen) atoms. The summed E-state index contributed by atoms with van der Waals surface area (Å²) in [6.07, 6.45) is 0. The van der Waals surface area contributed by atoms with Gasteiger partial charge in [0.1, 0.15) is 11.4 Å². The Bertz CT molecular complexity index is 295. The molecule has 0 amide bonds. The minimum atomic E-state index is -0.352. The van der Waals surface area contributed by atoms with Crippen molar-refractivity contribution in [2.45, 2.75) is 19.4 Å². The van der Waals surface area contributed by atoms with Crippen molar-refractivity contribution in [2.24, 2.45) is 0 Å². The van der Waals surface area contributed by atoms with Gasteiger partial charge >= 0.3 is 0 Å². The van der Waals surface area contributed by atoms with E-state index in [1.807, 2.05) is 19.9 Å². The van der Waals surface area contributed by atoms with Crippen molar-refractivity contribution in [3.8, 4) is 0 Å². The summed E-state index contributed by atoms with van der Waals surface area (Å²) in [5, 5.41) is 0. The molecule has 0 aliphatic carbocycles. The van der Waals surface area contributed by atoms with Gasteiger partial charge in [-0.15, -0.1) is 0 Å². The predicted molar refractivity (Wildman–Crippen MR) is 44.4 cm³/mol. The summed E-state index contributed by atoms with van der Waals surface area (Å²) in [4.78, 5) is 0. The van der Waals surface area contributed by atoms with Gasteiger partial charge in [-0.1, -0.05) is 12.1 Å². The summed E-state index contributed by atoms with van der Waals surface area (Å²) in [6, 6.07) is 5.11. The highest BCUT2D eigenvalue weighted by Crippen LogP contribution is 2.40. The van der Waals surface area contributed by atoms with E-state index in [-0.39, 0.29) is 11.4 Å². The average Bonchev–Trinajstić information content (AvgIpc) is 2.68. The smallest absolute Gasteiger partial charge is 0.129 e. The normalized spacial score (nSPS) is 27.2. The minimum absolute atomic E-state index is 0.157. The first-order chi connectivity index (χ1) is 5.63. The molecule has 0 aromatic heterocycles. The summed E-state index contributed by atoms with van der Waals surface area (Å²) < 4.78 is 18.5. The molecule has 0 saturated carbocycles. The van der Waals surface area contributed by atoms with Crippen molar-refractivity contribution in [3.05, 3.63) is 35.1 Å². The van der Waals surface area contributed by atoms with Gasteiger partial charge < -0.3 is 4.74 Å². The SMILES string of the molecule is Cc1cccc(F)c1C1(C)CO1. The van der Waals surface area contributed by atoms with Gasteiger partial charge in [0.05, 0.1) is 6.61 Å². The van der Waals surface area contributed by atoms with Crippen LogP contribution in [0.25, 0.3) is 0 Å². The highest BCUT2D eigenvalue weighted by Gasteiger charge is 2.44. The summed E-state index contributed by atoms with van der Waals surface area (Å²) in [5.41, 5.74) is 1.33. The van der Waals surface area contributed by atoms with E-state index in [9.17, 15) is 4.39 Å². The monoisotopic (exact) mass is 166 g/mol. The molecule has 1 aliphatic heterocycles. The van der Waals surface area contributed by atoms with Gasteiger partial charge in [0.15, 0.2) is 0 Å². The topological polar surface area (TPSA) is 12.5 Å². The largest absolute Gasteiger partial charge is 0.365 e. The van der Waals surface area contributed by atoms with Crippen LogP contribution >= 0.6 is 0 Å². The van der Waals surface area contributed by atoms with Crippen LogP contribution in [-0.4, -0.2) is 6.61 Å². The molecular weight excluding hydrogens is 155 g/mol. The lowest BCUT2D eigenvalue weighted by atomic mass is 9.96. The molecular formula is C10H11FO. The van der Waals surface area contributed by atoms with E-state index in [1.165, 1.54) is 6.07 Å². The Balaban J connectivity index is 2.55. The Hall–Kier alpha value is -0.890. The lowest BCUT2D eigenvalue weighted by Crippen LogP contribution is -2.07. The van der Waals surface area contributed by atoms with E-state index >= 15 is 0 Å². The van der Waals surface area contributed by atoms with Crippen LogP contribution < -0.4 is 0 Å². The lowest BCUT2D eigenvalue weighted by molar-refractivity contribution is 0.320. The Morgan fingerprint density at radius 1 is 1.50 bits per heavy atom. The van der Waals surface area contributed by atoms with Crippen LogP contribution in [0.15, 0.2) is 18.2 Å². The van der Waals surface area contributed by atoms with E-state index in [1.54, 1.807) is 6.07 Å². The Labute approximate surface area is 71.2 Å². The fourth-order valence-corrected chi connectivity index (χ4v) is 1.55. The van der Waals surface area contributed by atoms with Crippen molar-refractivity contribution < 1.29 is 9.13 Å². The average molecular weight is 166 g/mol. The van der Waals surface area contributed by atoms with Crippen LogP contribution in [0.2, 0.25) is 0 Å². The first-order valence-electron chi connectivity index (χ1n) is 4.03. The molecule has 2 rings (SSSR count). The molecule has 0 bridgehead atoms. The third kappa shape index (κ3) is 1.03. The molecule has 1 atom stereocenters. The number of rotatable bonds is 1. The molecule has 1 nitrogen and oxygen atoms in total. The highest BCUT2D eigenvalue weighted by molar-refractivity contribution is 5.35. The first-order valence-corrected chi connectivity index (χ1v) is 4.03. The highest BCUT2D eigenvalue weighted by atomic mass is 19.1. The summed E-state index contributed by atoms with van der Waals surface area (Å²) in [5.74, 6) is -0.157. The number of halogens is 1. The number of aryl methyl sites for hydroxylation is 1. The molecule has 0 N–H and O–H groups in total. The molecule has 64 valence electrons. The number of hydrogen-bond acceptors (Lipinski definition) is 1. The summed E-state index contributed by atoms with van der Waals surface area (Å²) >= 11 is 0. The number of epoxide rings is 1. The van der Waals surface area contributed by atoms with Crippen molar-refractivity contribution in [2.75, 3.05) is 6.61 Å². The molecule has 1 aliphatic rings. The van der Waals surface area contributed by atoms with Gasteiger partial charge in [0, 0.05) is 5.56 Å². The van der Waals surface area contributed by atoms with Gasteiger partial charge in [-0.2, -0.15) is 0 Å². The zero-order valence-electron chi connectivity index (χ0n) is 7.23. The standard InChI is InChI=1S/C10H11FO/c1-7-4-3-5-8(11)9(7)10(2)6-12-10/h3-5H,6H2,1-2H3. The fourth-order valence-electron chi connectivity index (χ4n) is 1.55. The number of benzene rings is 1. The zero-order valence-corrected chi connectivity index (χ0v) is 7.23. The second-order valence-corrected chi connectivity index (χ2v) is 3.45. The van der Waals surface area contributed by atoms with Crippen LogP contribution in [0.5, 0.6) is 0 Å². The van der Waals surface area contributed by atoms with Crippen LogP contribution in [0, 0.1) is 12.7 Å². The molecule has 1 heterocycles. The zero-order chi connectivity index (χ0) is 8.77. The second-order valence-electron chi connectivity index (χ2n) is 3.45. The quantitative estimate of drug-likeness (QED) is 0.583. The Morgan fingerprint density at radius 2 is 2.17 bits per heavy atom. The molecule has 1 unspecified atom stereocenters. The van der Waals surface area contributed by atoms with Crippen LogP contribution in [0.4, 0.5) is 4.39 Å². The maximum atomic E-state index is 13.3. The Kier molecular flexibility index (Phi) is 1.48. The van der Waals surface area contributed by atoms with Crippen molar-refractivity contribution >= 4 is 0 Å². The van der Waals surface area contributed by atoms with E-state index in [0.717, 1.165) is 5.56 Å². The Morgan fingerprint density at radius 3 is 2.67 bits per heavy atom. The third-order valence-electron chi connectivity index (χ3n) is 2.33. The van der Waals surface area contributed by atoms with Gasteiger partial charge in [-0.05, 0) is 25.5 Å². The van der Waals surface area contributed by atoms with Gasteiger partial charge in [-0.3, -0.25) is 0 Å². The number of ether oxygens (including phenoxy) is 1. The maximum absolute atomic E-state index is 13.3. The van der Waals surface area contributed by atoms with E-state index in [0.29, 0.717) is 12.2 Å². The molecule has 1 saturated heterocycles. The number of hydrogen-bond donors (Lipinski definition) is 0. The summed E-state index contributed by atoms with van der Waals surface area (Å²) in [7, 11) is 0. The van der Waals surface area contributed by atoms with Gasteiger partial charge in [0.2, 0.25) is 0 Å². The van der Waals surface area contributed by atoms with Crippen molar-refractivity contribution in [3.63, 3.8) is 0 Å². The van der Waals surface area contributed by atoms with Crippen LogP contribution in [-0.2, 0) is 10.3 Å². The van der Waals surface area contributed by atoms with Crippen molar-refractivity contribution in [1.29, 1.82) is 0 Å². The maximum Gasteiger partial charge on any atom is 0.129 e. The molecule has 1 aromatic carbocycles. The molecule has 0 radical (unpaired) electrons.